The van der Waals surface area contributed by atoms with Crippen molar-refractivity contribution in [2.45, 2.75) is 51.6 Å². The average Bonchev–Trinajstić information content (AvgIpc) is 3.38. The Bertz CT molecular complexity index is 1630. The van der Waals surface area contributed by atoms with Crippen LogP contribution in [0, 0.1) is 6.92 Å². The zero-order valence-electron chi connectivity index (χ0n) is 21.2. The second-order valence-corrected chi connectivity index (χ2v) is 11.6. The van der Waals surface area contributed by atoms with E-state index in [1.54, 1.807) is 23.8 Å². The summed E-state index contributed by atoms with van der Waals surface area (Å²) in [5, 5.41) is 3.60. The van der Waals surface area contributed by atoms with Gasteiger partial charge in [0.1, 0.15) is 17.1 Å². The number of benzene rings is 2. The first-order valence-corrected chi connectivity index (χ1v) is 14.3. The van der Waals surface area contributed by atoms with Crippen LogP contribution in [0.5, 0.6) is 0 Å². The number of para-hydroxylation sites is 1. The van der Waals surface area contributed by atoms with Gasteiger partial charge in [0.2, 0.25) is 0 Å². The standard InChI is InChI=1S/C26H26BrF3N4O4S/c1-4-7-21-32-15(3)23(33-21)25(35)31-14(2)12-16-10-11-20-18(13-16)22(27)24(38-20)17-8-5-6-9-19(17)34-39(36,37)26(28,29)30/h5-6,8-11,13-14,34H,4,7,12H2,1-3H3,(H,31,35)(H,32,33). The zero-order chi connectivity index (χ0) is 28.5. The molecule has 0 saturated heterocycles. The van der Waals surface area contributed by atoms with Crippen LogP contribution in [0.3, 0.4) is 0 Å². The number of imidazole rings is 1. The van der Waals surface area contributed by atoms with Gasteiger partial charge >= 0.3 is 15.5 Å². The lowest BCUT2D eigenvalue weighted by Gasteiger charge is -2.13. The van der Waals surface area contributed by atoms with Crippen LogP contribution in [0.2, 0.25) is 0 Å². The van der Waals surface area contributed by atoms with Crippen LogP contribution < -0.4 is 10.0 Å². The number of furan rings is 1. The van der Waals surface area contributed by atoms with Crippen LogP contribution >= 0.6 is 15.9 Å². The van der Waals surface area contributed by atoms with Crippen LogP contribution in [0.15, 0.2) is 51.4 Å². The molecule has 0 spiro atoms. The molecule has 39 heavy (non-hydrogen) atoms. The summed E-state index contributed by atoms with van der Waals surface area (Å²) in [6, 6.07) is 10.8. The van der Waals surface area contributed by atoms with Crippen molar-refractivity contribution in [1.29, 1.82) is 0 Å². The maximum atomic E-state index is 13.0. The van der Waals surface area contributed by atoms with Crippen molar-refractivity contribution in [3.63, 3.8) is 0 Å². The number of fused-ring (bicyclic) bond motifs is 1. The van der Waals surface area contributed by atoms with Gasteiger partial charge in [-0.3, -0.25) is 9.52 Å². The van der Waals surface area contributed by atoms with Crippen LogP contribution in [-0.2, 0) is 22.9 Å². The summed E-state index contributed by atoms with van der Waals surface area (Å²) >= 11 is 3.46. The molecule has 4 rings (SSSR count). The fourth-order valence-electron chi connectivity index (χ4n) is 4.18. The predicted molar refractivity (Wildman–Crippen MR) is 146 cm³/mol. The molecule has 1 amide bonds. The fraction of sp³-hybridized carbons (Fsp3) is 0.308. The van der Waals surface area contributed by atoms with E-state index >= 15 is 0 Å². The lowest BCUT2D eigenvalue weighted by molar-refractivity contribution is -0.0429. The molecule has 2 aromatic heterocycles. The van der Waals surface area contributed by atoms with Crippen molar-refractivity contribution in [3.8, 4) is 11.3 Å². The lowest BCUT2D eigenvalue weighted by atomic mass is 10.0. The summed E-state index contributed by atoms with van der Waals surface area (Å²) in [6.07, 6.45) is 2.15. The Morgan fingerprint density at radius 2 is 1.92 bits per heavy atom. The Labute approximate surface area is 231 Å². The van der Waals surface area contributed by atoms with Crippen molar-refractivity contribution in [2.75, 3.05) is 4.72 Å². The second kappa shape index (κ2) is 11.0. The van der Waals surface area contributed by atoms with E-state index in [0.29, 0.717) is 33.3 Å². The van der Waals surface area contributed by atoms with E-state index < -0.39 is 15.5 Å². The second-order valence-electron chi connectivity index (χ2n) is 9.16. The van der Waals surface area contributed by atoms with Crippen LogP contribution in [0.25, 0.3) is 22.3 Å². The minimum Gasteiger partial charge on any atom is -0.455 e. The Morgan fingerprint density at radius 3 is 2.62 bits per heavy atom. The van der Waals surface area contributed by atoms with Crippen molar-refractivity contribution in [3.05, 3.63) is 69.7 Å². The molecule has 8 nitrogen and oxygen atoms in total. The highest BCUT2D eigenvalue weighted by molar-refractivity contribution is 9.10. The summed E-state index contributed by atoms with van der Waals surface area (Å²) in [6.45, 7) is 5.71. The number of H-pyrrole nitrogens is 1. The molecule has 1 atom stereocenters. The lowest BCUT2D eigenvalue weighted by Crippen LogP contribution is -2.34. The molecule has 208 valence electrons. The molecule has 1 unspecified atom stereocenters. The summed E-state index contributed by atoms with van der Waals surface area (Å²) in [5.74, 6) is 0.664. The third-order valence-corrected chi connectivity index (χ3v) is 7.85. The topological polar surface area (TPSA) is 117 Å². The van der Waals surface area contributed by atoms with Gasteiger partial charge in [0.05, 0.1) is 10.2 Å². The van der Waals surface area contributed by atoms with E-state index in [-0.39, 0.29) is 29.0 Å². The van der Waals surface area contributed by atoms with Gasteiger partial charge in [-0.15, -0.1) is 0 Å². The van der Waals surface area contributed by atoms with Crippen LogP contribution in [0.1, 0.15) is 47.8 Å². The van der Waals surface area contributed by atoms with E-state index in [0.717, 1.165) is 24.2 Å². The number of carbonyl (C=O) groups is 1. The normalized spacial score (nSPS) is 13.0. The third kappa shape index (κ3) is 6.14. The fourth-order valence-corrected chi connectivity index (χ4v) is 5.37. The van der Waals surface area contributed by atoms with Gasteiger partial charge in [0, 0.05) is 29.1 Å². The highest BCUT2D eigenvalue weighted by Gasteiger charge is 2.46. The van der Waals surface area contributed by atoms with E-state index in [4.69, 9.17) is 4.42 Å². The summed E-state index contributed by atoms with van der Waals surface area (Å²) in [4.78, 5) is 20.3. The number of hydrogen-bond acceptors (Lipinski definition) is 5. The van der Waals surface area contributed by atoms with Crippen LogP contribution in [0.4, 0.5) is 18.9 Å². The molecule has 3 N–H and O–H groups in total. The maximum Gasteiger partial charge on any atom is 0.516 e. The largest absolute Gasteiger partial charge is 0.516 e. The van der Waals surface area contributed by atoms with E-state index in [1.807, 2.05) is 26.0 Å². The number of carbonyl (C=O) groups excluding carboxylic acids is 1. The van der Waals surface area contributed by atoms with Gasteiger partial charge in [-0.25, -0.2) is 4.98 Å². The predicted octanol–water partition coefficient (Wildman–Crippen LogP) is 6.47. The SMILES string of the molecule is CCCc1nc(C(=O)NC(C)Cc2ccc3oc(-c4ccccc4NS(=O)(=O)C(F)(F)F)c(Br)c3c2)c(C)[nH]1. The quantitative estimate of drug-likeness (QED) is 0.197. The average molecular weight is 627 g/mol. The number of aromatic amines is 1. The number of alkyl halides is 3. The monoisotopic (exact) mass is 626 g/mol. The number of amides is 1. The first-order valence-electron chi connectivity index (χ1n) is 12.1. The number of aromatic nitrogens is 2. The Hall–Kier alpha value is -3.32. The van der Waals surface area contributed by atoms with Crippen molar-refractivity contribution >= 4 is 48.5 Å². The minimum atomic E-state index is -5.63. The molecule has 0 bridgehead atoms. The number of nitrogens with one attached hydrogen (secondary N) is 3. The number of rotatable bonds is 9. The molecule has 2 aromatic carbocycles. The molecule has 0 saturated carbocycles. The highest BCUT2D eigenvalue weighted by atomic mass is 79.9. The molecule has 2 heterocycles. The van der Waals surface area contributed by atoms with Crippen molar-refractivity contribution < 1.29 is 30.8 Å². The summed E-state index contributed by atoms with van der Waals surface area (Å²) < 4.78 is 70.3. The molecule has 0 fully saturated rings. The van der Waals surface area contributed by atoms with E-state index in [1.165, 1.54) is 18.2 Å². The summed E-state index contributed by atoms with van der Waals surface area (Å²) in [5.41, 5.74) is -3.23. The summed E-state index contributed by atoms with van der Waals surface area (Å²) in [7, 11) is -5.63. The van der Waals surface area contributed by atoms with Crippen molar-refractivity contribution in [2.24, 2.45) is 0 Å². The zero-order valence-corrected chi connectivity index (χ0v) is 23.6. The van der Waals surface area contributed by atoms with Gasteiger partial charge in [-0.2, -0.15) is 21.6 Å². The number of halogens is 4. The van der Waals surface area contributed by atoms with Gasteiger partial charge < -0.3 is 14.7 Å². The minimum absolute atomic E-state index is 0.132. The van der Waals surface area contributed by atoms with Gasteiger partial charge in [0.15, 0.2) is 5.76 Å². The maximum absolute atomic E-state index is 13.0. The Morgan fingerprint density at radius 1 is 1.21 bits per heavy atom. The van der Waals surface area contributed by atoms with Crippen LogP contribution in [-0.4, -0.2) is 35.8 Å². The molecular formula is C26H26BrF3N4O4S. The van der Waals surface area contributed by atoms with E-state index in [9.17, 15) is 26.4 Å². The van der Waals surface area contributed by atoms with Gasteiger partial charge in [-0.05, 0) is 72.4 Å². The first kappa shape index (κ1) is 28.7. The van der Waals surface area contributed by atoms with E-state index in [2.05, 4.69) is 31.2 Å². The molecule has 13 heteroatoms. The molecule has 0 radical (unpaired) electrons. The number of aryl methyl sites for hydroxylation is 2. The molecule has 0 aliphatic carbocycles. The Balaban J connectivity index is 1.56. The van der Waals surface area contributed by atoms with Gasteiger partial charge in [0.25, 0.3) is 5.91 Å². The number of nitrogens with zero attached hydrogens (tertiary/aromatic N) is 1. The number of anilines is 1. The molecule has 4 aromatic rings. The highest BCUT2D eigenvalue weighted by Crippen LogP contribution is 2.41. The number of hydrogen-bond donors (Lipinski definition) is 3. The Kier molecular flexibility index (Phi) is 8.12. The van der Waals surface area contributed by atoms with Crippen molar-refractivity contribution in [1.82, 2.24) is 15.3 Å². The first-order chi connectivity index (χ1) is 18.3. The number of sulfonamides is 1. The molecule has 0 aliphatic heterocycles. The molecular weight excluding hydrogens is 601 g/mol. The third-order valence-electron chi connectivity index (χ3n) is 5.97. The smallest absolute Gasteiger partial charge is 0.455 e. The molecule has 0 aliphatic rings. The van der Waals surface area contributed by atoms with Gasteiger partial charge in [-0.1, -0.05) is 25.1 Å².